The van der Waals surface area contributed by atoms with Crippen LogP contribution in [-0.4, -0.2) is 54.2 Å². The predicted octanol–water partition coefficient (Wildman–Crippen LogP) is 1.48. The zero-order valence-corrected chi connectivity index (χ0v) is 13.2. The molecule has 1 aromatic carbocycles. The molecule has 0 saturated carbocycles. The molecule has 1 amide bonds. The first-order valence-corrected chi connectivity index (χ1v) is 7.37. The van der Waals surface area contributed by atoms with Crippen molar-refractivity contribution in [2.24, 2.45) is 0 Å². The zero-order chi connectivity index (χ0) is 15.4. The first-order valence-electron chi connectivity index (χ1n) is 6.58. The summed E-state index contributed by atoms with van der Waals surface area (Å²) in [6.45, 7) is 2.95. The van der Waals surface area contributed by atoms with Crippen LogP contribution in [0.15, 0.2) is 22.7 Å². The van der Waals surface area contributed by atoms with E-state index in [1.807, 2.05) is 19.1 Å². The largest absolute Gasteiger partial charge is 0.480 e. The standard InChI is InChI=1S/C14H17BrN2O4/c1-9-6-10(2-3-11(9)15)16-13(18)7-17-4-5-21-8-12(17)14(19)20/h2-3,6,12H,4-5,7-8H2,1H3,(H,16,18)(H,19,20). The second-order valence-corrected chi connectivity index (χ2v) is 5.77. The summed E-state index contributed by atoms with van der Waals surface area (Å²) in [5, 5.41) is 11.9. The third-order valence-electron chi connectivity index (χ3n) is 3.31. The van der Waals surface area contributed by atoms with Crippen molar-refractivity contribution >= 4 is 33.5 Å². The summed E-state index contributed by atoms with van der Waals surface area (Å²) in [6.07, 6.45) is 0. The number of ether oxygens (including phenoxy) is 1. The molecule has 1 unspecified atom stereocenters. The van der Waals surface area contributed by atoms with Gasteiger partial charge in [-0.3, -0.25) is 14.5 Å². The molecule has 1 aliphatic heterocycles. The Morgan fingerprint density at radius 1 is 1.52 bits per heavy atom. The zero-order valence-electron chi connectivity index (χ0n) is 11.6. The number of morpholine rings is 1. The van der Waals surface area contributed by atoms with E-state index in [0.29, 0.717) is 18.8 Å². The number of hydrogen-bond acceptors (Lipinski definition) is 4. The van der Waals surface area contributed by atoms with E-state index in [0.717, 1.165) is 10.0 Å². The molecule has 114 valence electrons. The van der Waals surface area contributed by atoms with Crippen molar-refractivity contribution in [1.29, 1.82) is 0 Å². The number of nitrogens with one attached hydrogen (secondary N) is 1. The number of amides is 1. The molecule has 21 heavy (non-hydrogen) atoms. The number of hydrogen-bond donors (Lipinski definition) is 2. The molecule has 0 spiro atoms. The predicted molar refractivity (Wildman–Crippen MR) is 81.3 cm³/mol. The van der Waals surface area contributed by atoms with Gasteiger partial charge in [0.1, 0.15) is 6.04 Å². The highest BCUT2D eigenvalue weighted by atomic mass is 79.9. The van der Waals surface area contributed by atoms with Crippen molar-refractivity contribution in [3.8, 4) is 0 Å². The lowest BCUT2D eigenvalue weighted by atomic mass is 10.2. The Bertz CT molecular complexity index is 550. The molecule has 1 aliphatic rings. The van der Waals surface area contributed by atoms with Crippen LogP contribution < -0.4 is 5.32 Å². The molecule has 0 radical (unpaired) electrons. The monoisotopic (exact) mass is 356 g/mol. The van der Waals surface area contributed by atoms with Crippen LogP contribution in [0.5, 0.6) is 0 Å². The number of carboxylic acid groups (broad SMARTS) is 1. The van der Waals surface area contributed by atoms with E-state index >= 15 is 0 Å². The van der Waals surface area contributed by atoms with E-state index in [9.17, 15) is 9.59 Å². The lowest BCUT2D eigenvalue weighted by Gasteiger charge is -2.32. The normalized spacial score (nSPS) is 19.2. The summed E-state index contributed by atoms with van der Waals surface area (Å²) >= 11 is 3.40. The number of carbonyl (C=O) groups excluding carboxylic acids is 1. The quantitative estimate of drug-likeness (QED) is 0.854. The van der Waals surface area contributed by atoms with Crippen LogP contribution in [-0.2, 0) is 14.3 Å². The van der Waals surface area contributed by atoms with Gasteiger partial charge in [-0.1, -0.05) is 15.9 Å². The molecular formula is C14H17BrN2O4. The molecule has 6 nitrogen and oxygen atoms in total. The number of halogens is 1. The van der Waals surface area contributed by atoms with E-state index in [1.165, 1.54) is 0 Å². The minimum absolute atomic E-state index is 0.0371. The van der Waals surface area contributed by atoms with Gasteiger partial charge in [-0.15, -0.1) is 0 Å². The Balaban J connectivity index is 1.97. The lowest BCUT2D eigenvalue weighted by molar-refractivity contribution is -0.150. The van der Waals surface area contributed by atoms with Gasteiger partial charge in [0.2, 0.25) is 5.91 Å². The highest BCUT2D eigenvalue weighted by Crippen LogP contribution is 2.20. The Morgan fingerprint density at radius 3 is 2.95 bits per heavy atom. The number of carboxylic acids is 1. The SMILES string of the molecule is Cc1cc(NC(=O)CN2CCOCC2C(=O)O)ccc1Br. The molecule has 0 aromatic heterocycles. The van der Waals surface area contributed by atoms with E-state index in [2.05, 4.69) is 21.2 Å². The molecule has 0 aliphatic carbocycles. The Hall–Kier alpha value is -1.44. The number of carbonyl (C=O) groups is 2. The summed E-state index contributed by atoms with van der Waals surface area (Å²) in [4.78, 5) is 24.8. The van der Waals surface area contributed by atoms with Crippen LogP contribution in [0.2, 0.25) is 0 Å². The van der Waals surface area contributed by atoms with Crippen LogP contribution in [0.3, 0.4) is 0 Å². The van der Waals surface area contributed by atoms with Crippen LogP contribution in [0, 0.1) is 6.92 Å². The summed E-state index contributed by atoms with van der Waals surface area (Å²) in [6, 6.07) is 4.75. The van der Waals surface area contributed by atoms with Crippen molar-refractivity contribution in [1.82, 2.24) is 4.90 Å². The van der Waals surface area contributed by atoms with Gasteiger partial charge in [-0.05, 0) is 30.7 Å². The molecule has 7 heteroatoms. The Kier molecular flexibility index (Phi) is 5.33. The smallest absolute Gasteiger partial charge is 0.323 e. The molecule has 1 aromatic rings. The molecule has 2 rings (SSSR count). The summed E-state index contributed by atoms with van der Waals surface area (Å²) in [5.41, 5.74) is 1.71. The highest BCUT2D eigenvalue weighted by Gasteiger charge is 2.30. The van der Waals surface area contributed by atoms with Crippen molar-refractivity contribution in [3.63, 3.8) is 0 Å². The maximum Gasteiger partial charge on any atom is 0.323 e. The fourth-order valence-electron chi connectivity index (χ4n) is 2.16. The first-order chi connectivity index (χ1) is 9.97. The fourth-order valence-corrected chi connectivity index (χ4v) is 2.41. The van der Waals surface area contributed by atoms with Gasteiger partial charge >= 0.3 is 5.97 Å². The summed E-state index contributed by atoms with van der Waals surface area (Å²) in [7, 11) is 0. The second-order valence-electron chi connectivity index (χ2n) is 4.91. The van der Waals surface area contributed by atoms with Gasteiger partial charge in [-0.2, -0.15) is 0 Å². The molecule has 1 fully saturated rings. The molecule has 1 atom stereocenters. The average Bonchev–Trinajstić information content (AvgIpc) is 2.43. The highest BCUT2D eigenvalue weighted by molar-refractivity contribution is 9.10. The van der Waals surface area contributed by atoms with E-state index < -0.39 is 12.0 Å². The van der Waals surface area contributed by atoms with Crippen molar-refractivity contribution in [2.75, 3.05) is 31.6 Å². The van der Waals surface area contributed by atoms with Crippen LogP contribution >= 0.6 is 15.9 Å². The van der Waals surface area contributed by atoms with E-state index in [-0.39, 0.29) is 19.1 Å². The fraction of sp³-hybridized carbons (Fsp3) is 0.429. The van der Waals surface area contributed by atoms with Crippen LogP contribution in [0.1, 0.15) is 5.56 Å². The van der Waals surface area contributed by atoms with Gasteiger partial charge < -0.3 is 15.2 Å². The molecule has 1 saturated heterocycles. The van der Waals surface area contributed by atoms with Crippen molar-refractivity contribution in [3.05, 3.63) is 28.2 Å². The van der Waals surface area contributed by atoms with Gasteiger partial charge in [0.25, 0.3) is 0 Å². The Labute approximate surface area is 131 Å². The molecule has 2 N–H and O–H groups in total. The van der Waals surface area contributed by atoms with Gasteiger partial charge in [-0.25, -0.2) is 0 Å². The number of anilines is 1. The van der Waals surface area contributed by atoms with Crippen LogP contribution in [0.25, 0.3) is 0 Å². The number of aryl methyl sites for hydroxylation is 1. The average molecular weight is 357 g/mol. The van der Waals surface area contributed by atoms with E-state index in [1.54, 1.807) is 11.0 Å². The van der Waals surface area contributed by atoms with Gasteiger partial charge in [0.05, 0.1) is 19.8 Å². The lowest BCUT2D eigenvalue weighted by Crippen LogP contribution is -2.52. The van der Waals surface area contributed by atoms with E-state index in [4.69, 9.17) is 9.84 Å². The molecular weight excluding hydrogens is 340 g/mol. The Morgan fingerprint density at radius 2 is 2.29 bits per heavy atom. The third kappa shape index (κ3) is 4.26. The maximum absolute atomic E-state index is 12.0. The van der Waals surface area contributed by atoms with Crippen molar-refractivity contribution < 1.29 is 19.4 Å². The minimum Gasteiger partial charge on any atom is -0.480 e. The van der Waals surface area contributed by atoms with Gasteiger partial charge in [0, 0.05) is 16.7 Å². The van der Waals surface area contributed by atoms with Crippen LogP contribution in [0.4, 0.5) is 5.69 Å². The van der Waals surface area contributed by atoms with Gasteiger partial charge in [0.15, 0.2) is 0 Å². The summed E-state index contributed by atoms with van der Waals surface area (Å²) < 4.78 is 6.11. The number of nitrogens with zero attached hydrogens (tertiary/aromatic N) is 1. The minimum atomic E-state index is -0.970. The number of aliphatic carboxylic acids is 1. The maximum atomic E-state index is 12.0. The molecule has 1 heterocycles. The van der Waals surface area contributed by atoms with Crippen molar-refractivity contribution in [2.45, 2.75) is 13.0 Å². The number of benzene rings is 1. The number of rotatable bonds is 4. The first kappa shape index (κ1) is 15.9. The topological polar surface area (TPSA) is 78.9 Å². The summed E-state index contributed by atoms with van der Waals surface area (Å²) in [5.74, 6) is -1.20. The molecule has 0 bridgehead atoms. The second kappa shape index (κ2) is 7.02. The third-order valence-corrected chi connectivity index (χ3v) is 4.20.